The Morgan fingerprint density at radius 2 is 0.932 bits per heavy atom. The molecule has 430 valence electrons. The highest BCUT2D eigenvalue weighted by Crippen LogP contribution is 2.30. The first kappa shape index (κ1) is 67.8. The molecule has 0 aliphatic carbocycles. The molecule has 0 radical (unpaired) electrons. The lowest BCUT2D eigenvalue weighted by Gasteiger charge is -2.46. The first-order valence-electron chi connectivity index (χ1n) is 29.5. The number of ether oxygens (including phenoxy) is 4. The fourth-order valence-corrected chi connectivity index (χ4v) is 9.36. The zero-order valence-electron chi connectivity index (χ0n) is 46.1. The minimum atomic E-state index is -1.79. The van der Waals surface area contributed by atoms with Gasteiger partial charge in [0.05, 0.1) is 32.0 Å². The summed E-state index contributed by atoms with van der Waals surface area (Å²) in [4.78, 5) is 13.2. The highest BCUT2D eigenvalue weighted by Gasteiger charge is 2.51. The van der Waals surface area contributed by atoms with Crippen LogP contribution >= 0.6 is 0 Å². The number of carbonyl (C=O) groups is 1. The summed E-state index contributed by atoms with van der Waals surface area (Å²) < 4.78 is 22.7. The number of amides is 1. The van der Waals surface area contributed by atoms with E-state index in [9.17, 15) is 45.6 Å². The van der Waals surface area contributed by atoms with E-state index in [-0.39, 0.29) is 18.9 Å². The number of hydrogen-bond acceptors (Lipinski definition) is 13. The van der Waals surface area contributed by atoms with E-state index in [1.54, 1.807) is 6.08 Å². The lowest BCUT2D eigenvalue weighted by molar-refractivity contribution is -0.359. The average molecular weight is 1050 g/mol. The number of nitrogens with one attached hydrogen (secondary N) is 1. The minimum absolute atomic E-state index is 0.255. The molecule has 2 heterocycles. The molecule has 0 aromatic carbocycles. The third-order valence-corrected chi connectivity index (χ3v) is 14.1. The summed E-state index contributed by atoms with van der Waals surface area (Å²) >= 11 is 0. The molecule has 0 saturated carbocycles. The van der Waals surface area contributed by atoms with Crippen molar-refractivity contribution in [1.82, 2.24) is 5.32 Å². The summed E-state index contributed by atoms with van der Waals surface area (Å²) in [6.45, 7) is 2.68. The smallest absolute Gasteiger partial charge is 0.220 e. The number of aliphatic hydroxyl groups excluding tert-OH is 8. The maximum Gasteiger partial charge on any atom is 0.220 e. The predicted molar refractivity (Wildman–Crippen MR) is 295 cm³/mol. The van der Waals surface area contributed by atoms with E-state index in [0.717, 1.165) is 57.8 Å². The van der Waals surface area contributed by atoms with Gasteiger partial charge in [0.15, 0.2) is 12.6 Å². The second kappa shape index (κ2) is 45.7. The Bertz CT molecular complexity index is 1470. The van der Waals surface area contributed by atoms with Crippen LogP contribution in [0.2, 0.25) is 0 Å². The molecule has 2 fully saturated rings. The van der Waals surface area contributed by atoms with E-state index < -0.39 is 86.8 Å². The van der Waals surface area contributed by atoms with Crippen molar-refractivity contribution in [2.45, 2.75) is 293 Å². The van der Waals surface area contributed by atoms with Crippen LogP contribution in [0.3, 0.4) is 0 Å². The highest BCUT2D eigenvalue weighted by atomic mass is 16.7. The second-order valence-corrected chi connectivity index (χ2v) is 20.7. The van der Waals surface area contributed by atoms with Gasteiger partial charge in [-0.15, -0.1) is 0 Å². The average Bonchev–Trinajstić information content (AvgIpc) is 3.40. The molecular weight excluding hydrogens is 943 g/mol. The van der Waals surface area contributed by atoms with Crippen LogP contribution in [0.15, 0.2) is 60.8 Å². The van der Waals surface area contributed by atoms with Crippen molar-refractivity contribution in [2.75, 3.05) is 19.8 Å². The van der Waals surface area contributed by atoms with Gasteiger partial charge in [-0.1, -0.05) is 203 Å². The zero-order chi connectivity index (χ0) is 53.9. The molecule has 12 unspecified atom stereocenters. The lowest BCUT2D eigenvalue weighted by Crippen LogP contribution is -2.65. The molecule has 2 rings (SSSR count). The molecule has 74 heavy (non-hydrogen) atoms. The van der Waals surface area contributed by atoms with Gasteiger partial charge < -0.3 is 65.1 Å². The van der Waals surface area contributed by atoms with Crippen LogP contribution < -0.4 is 5.32 Å². The van der Waals surface area contributed by atoms with E-state index >= 15 is 0 Å². The van der Waals surface area contributed by atoms with E-state index in [2.05, 4.69) is 67.8 Å². The number of unbranched alkanes of at least 4 members (excludes halogenated alkanes) is 25. The third-order valence-electron chi connectivity index (χ3n) is 14.1. The van der Waals surface area contributed by atoms with Crippen LogP contribution in [-0.4, -0.2) is 140 Å². The predicted octanol–water partition coefficient (Wildman–Crippen LogP) is 9.78. The highest BCUT2D eigenvalue weighted by molar-refractivity contribution is 5.76. The van der Waals surface area contributed by atoms with Gasteiger partial charge in [0.1, 0.15) is 48.8 Å². The summed E-state index contributed by atoms with van der Waals surface area (Å²) in [7, 11) is 0. The molecule has 2 saturated heterocycles. The molecule has 1 amide bonds. The second-order valence-electron chi connectivity index (χ2n) is 20.7. The minimum Gasteiger partial charge on any atom is -0.394 e. The normalized spacial score (nSPS) is 25.6. The number of allylic oxidation sites excluding steroid dienone is 9. The van der Waals surface area contributed by atoms with Gasteiger partial charge in [0, 0.05) is 6.42 Å². The number of rotatable bonds is 46. The molecule has 9 N–H and O–H groups in total. The number of hydrogen-bond donors (Lipinski definition) is 9. The fraction of sp³-hybridized carbons (Fsp3) is 0.817. The molecular formula is C60H107NO13. The third kappa shape index (κ3) is 31.2. The van der Waals surface area contributed by atoms with Crippen molar-refractivity contribution in [3.05, 3.63) is 60.8 Å². The largest absolute Gasteiger partial charge is 0.394 e. The van der Waals surface area contributed by atoms with E-state index in [4.69, 9.17) is 18.9 Å². The fourth-order valence-electron chi connectivity index (χ4n) is 9.36. The molecule has 14 nitrogen and oxygen atoms in total. The van der Waals surface area contributed by atoms with Gasteiger partial charge >= 0.3 is 0 Å². The molecule has 12 atom stereocenters. The zero-order valence-corrected chi connectivity index (χ0v) is 46.1. The van der Waals surface area contributed by atoms with Crippen LogP contribution in [0.25, 0.3) is 0 Å². The molecule has 2 aliphatic rings. The summed E-state index contributed by atoms with van der Waals surface area (Å²) in [5.41, 5.74) is 0. The Morgan fingerprint density at radius 3 is 1.45 bits per heavy atom. The van der Waals surface area contributed by atoms with Crippen molar-refractivity contribution >= 4 is 5.91 Å². The molecule has 0 aromatic rings. The van der Waals surface area contributed by atoms with Gasteiger partial charge in [0.2, 0.25) is 5.91 Å². The summed E-state index contributed by atoms with van der Waals surface area (Å²) in [5.74, 6) is -0.255. The standard InChI is InChI=1S/C60H107NO13/c1-3-5-7-9-11-13-15-16-17-18-19-20-21-22-23-24-25-26-27-28-29-30-31-32-34-36-38-40-42-44-52(65)61-48(49(64)43-41-39-37-35-33-14-12-10-8-6-4-2)47-71-59-57(70)55(68)58(51(46-63)73-59)74-60-56(69)54(67)53(66)50(45-62)72-60/h8,10,15-16,18-19,33,35,41,43,48-51,53-60,62-64,66-70H,3-7,9,11-14,17,20-32,34,36-40,42,44-47H2,1-2H3,(H,61,65)/b10-8+,16-15-,19-18-,35-33+,43-41+. The Balaban J connectivity index is 1.67. The van der Waals surface area contributed by atoms with Crippen LogP contribution in [0, 0.1) is 0 Å². The summed E-state index contributed by atoms with van der Waals surface area (Å²) in [6.07, 6.45) is 41.5. The quantitative estimate of drug-likeness (QED) is 0.0205. The first-order valence-corrected chi connectivity index (χ1v) is 29.5. The first-order chi connectivity index (χ1) is 36.1. The number of carbonyl (C=O) groups excluding carboxylic acids is 1. The van der Waals surface area contributed by atoms with Crippen LogP contribution in [-0.2, 0) is 23.7 Å². The monoisotopic (exact) mass is 1050 g/mol. The maximum absolute atomic E-state index is 13.2. The Kier molecular flexibility index (Phi) is 41.9. The van der Waals surface area contributed by atoms with E-state index in [1.807, 2.05) is 6.08 Å². The molecule has 0 aromatic heterocycles. The lowest BCUT2D eigenvalue weighted by atomic mass is 9.97. The summed E-state index contributed by atoms with van der Waals surface area (Å²) in [5, 5.41) is 86.8. The van der Waals surface area contributed by atoms with Crippen molar-refractivity contribution in [3.63, 3.8) is 0 Å². The van der Waals surface area contributed by atoms with Crippen molar-refractivity contribution < 1.29 is 64.6 Å². The van der Waals surface area contributed by atoms with E-state index in [1.165, 1.54) is 128 Å². The molecule has 0 spiro atoms. The van der Waals surface area contributed by atoms with Gasteiger partial charge in [-0.3, -0.25) is 4.79 Å². The van der Waals surface area contributed by atoms with Gasteiger partial charge in [0.25, 0.3) is 0 Å². The molecule has 0 bridgehead atoms. The Labute approximate surface area is 447 Å². The maximum atomic E-state index is 13.2. The molecule has 2 aliphatic heterocycles. The van der Waals surface area contributed by atoms with Gasteiger partial charge in [-0.2, -0.15) is 0 Å². The van der Waals surface area contributed by atoms with Crippen LogP contribution in [0.5, 0.6) is 0 Å². The van der Waals surface area contributed by atoms with Crippen molar-refractivity contribution in [3.8, 4) is 0 Å². The summed E-state index contributed by atoms with van der Waals surface area (Å²) in [6, 6.07) is -0.937. The van der Waals surface area contributed by atoms with Gasteiger partial charge in [-0.05, 0) is 70.6 Å². The van der Waals surface area contributed by atoms with Crippen molar-refractivity contribution in [1.29, 1.82) is 0 Å². The SMILES string of the molecule is CCC/C=C/CC/C=C/CC/C=C/C(O)C(COC1OC(CO)C(OC2OC(CO)C(O)C(O)C2O)C(O)C1O)NC(=O)CCCCCCCCCCCCCCCCCCC/C=C\C/C=C\CCCCCCC. The van der Waals surface area contributed by atoms with Crippen molar-refractivity contribution in [2.24, 2.45) is 0 Å². The topological polar surface area (TPSA) is 228 Å². The number of aliphatic hydroxyl groups is 8. The molecule has 14 heteroatoms. The Morgan fingerprint density at radius 1 is 0.486 bits per heavy atom. The Hall–Kier alpha value is -2.31. The van der Waals surface area contributed by atoms with E-state index in [0.29, 0.717) is 12.8 Å². The van der Waals surface area contributed by atoms with Crippen LogP contribution in [0.4, 0.5) is 0 Å². The van der Waals surface area contributed by atoms with Gasteiger partial charge in [-0.25, -0.2) is 0 Å². The van der Waals surface area contributed by atoms with Crippen LogP contribution in [0.1, 0.15) is 219 Å².